The van der Waals surface area contributed by atoms with Gasteiger partial charge in [-0.05, 0) is 32.1 Å². The molecule has 31 heavy (non-hydrogen) atoms. The Labute approximate surface area is 194 Å². The number of hydrogen-bond acceptors (Lipinski definition) is 3. The maximum Gasteiger partial charge on any atom is 0.105 e. The van der Waals surface area contributed by atoms with Crippen LogP contribution < -0.4 is 5.11 Å². The lowest BCUT2D eigenvalue weighted by Crippen LogP contribution is -2.45. The fourth-order valence-corrected chi connectivity index (χ4v) is 4.49. The van der Waals surface area contributed by atoms with E-state index in [0.29, 0.717) is 0 Å². The molecule has 0 aromatic carbocycles. The average Bonchev–Trinajstić information content (AvgIpc) is 2.70. The highest BCUT2D eigenvalue weighted by Crippen LogP contribution is 2.15. The van der Waals surface area contributed by atoms with Crippen LogP contribution in [0.1, 0.15) is 135 Å². The summed E-state index contributed by atoms with van der Waals surface area (Å²) in [5.74, 6) is -0.935. The van der Waals surface area contributed by atoms with Crippen molar-refractivity contribution in [2.24, 2.45) is 0 Å². The SMILES string of the molecule is CCCCCCCCCCCCCCCC(O)C[N+](C)(C)CCCCCCCC(=O)[O-]. The third-order valence-corrected chi connectivity index (χ3v) is 6.49. The zero-order valence-electron chi connectivity index (χ0n) is 21.3. The van der Waals surface area contributed by atoms with Crippen molar-refractivity contribution in [2.45, 2.75) is 141 Å². The average molecular weight is 442 g/mol. The number of hydrogen-bond donors (Lipinski definition) is 1. The van der Waals surface area contributed by atoms with E-state index >= 15 is 0 Å². The third kappa shape index (κ3) is 23.9. The maximum absolute atomic E-state index is 10.4. The fourth-order valence-electron chi connectivity index (χ4n) is 4.49. The first kappa shape index (κ1) is 30.4. The summed E-state index contributed by atoms with van der Waals surface area (Å²) in [6.45, 7) is 4.19. The van der Waals surface area contributed by atoms with Gasteiger partial charge in [0.1, 0.15) is 12.6 Å². The molecule has 0 saturated carbocycles. The Morgan fingerprint density at radius 3 is 1.61 bits per heavy atom. The summed E-state index contributed by atoms with van der Waals surface area (Å²) in [7, 11) is 4.42. The van der Waals surface area contributed by atoms with E-state index in [2.05, 4.69) is 21.0 Å². The van der Waals surface area contributed by atoms with Gasteiger partial charge in [0.05, 0.1) is 20.6 Å². The smallest absolute Gasteiger partial charge is 0.105 e. The minimum atomic E-state index is -0.935. The Morgan fingerprint density at radius 2 is 1.13 bits per heavy atom. The molecule has 0 fully saturated rings. The molecule has 186 valence electrons. The van der Waals surface area contributed by atoms with Crippen molar-refractivity contribution in [1.82, 2.24) is 0 Å². The number of carbonyl (C=O) groups is 1. The van der Waals surface area contributed by atoms with Gasteiger partial charge in [-0.3, -0.25) is 0 Å². The Balaban J connectivity index is 3.46. The minimum Gasteiger partial charge on any atom is -0.550 e. The summed E-state index contributed by atoms with van der Waals surface area (Å²) in [4.78, 5) is 10.4. The Hall–Kier alpha value is -0.610. The molecule has 0 amide bonds. The molecule has 4 heteroatoms. The predicted molar refractivity (Wildman–Crippen MR) is 131 cm³/mol. The van der Waals surface area contributed by atoms with Crippen LogP contribution in [0.5, 0.6) is 0 Å². The lowest BCUT2D eigenvalue weighted by molar-refractivity contribution is -0.893. The monoisotopic (exact) mass is 441 g/mol. The van der Waals surface area contributed by atoms with Crippen molar-refractivity contribution in [3.63, 3.8) is 0 Å². The van der Waals surface area contributed by atoms with E-state index in [9.17, 15) is 15.0 Å². The first-order valence-corrected chi connectivity index (χ1v) is 13.6. The second-order valence-corrected chi connectivity index (χ2v) is 10.4. The molecule has 0 bridgehead atoms. The van der Waals surface area contributed by atoms with Crippen molar-refractivity contribution in [1.29, 1.82) is 0 Å². The minimum absolute atomic E-state index is 0.187. The summed E-state index contributed by atoms with van der Waals surface area (Å²) in [6, 6.07) is 0. The number of aliphatic hydroxyl groups excluding tert-OH is 1. The van der Waals surface area contributed by atoms with Crippen molar-refractivity contribution in [3.8, 4) is 0 Å². The van der Waals surface area contributed by atoms with Crippen LogP contribution >= 0.6 is 0 Å². The van der Waals surface area contributed by atoms with Crippen LogP contribution in [0.15, 0.2) is 0 Å². The highest BCUT2D eigenvalue weighted by Gasteiger charge is 2.19. The lowest BCUT2D eigenvalue weighted by atomic mass is 10.0. The van der Waals surface area contributed by atoms with Gasteiger partial charge in [0.15, 0.2) is 0 Å². The quantitative estimate of drug-likeness (QED) is 0.148. The van der Waals surface area contributed by atoms with Gasteiger partial charge in [-0.2, -0.15) is 0 Å². The Bertz CT molecular complexity index is 398. The van der Waals surface area contributed by atoms with E-state index in [1.807, 2.05) is 0 Å². The molecular formula is C27H55NO3. The number of aliphatic carboxylic acids is 1. The summed E-state index contributed by atoms with van der Waals surface area (Å²) in [5, 5.41) is 20.8. The summed E-state index contributed by atoms with van der Waals surface area (Å²) in [6.07, 6.45) is 23.7. The van der Waals surface area contributed by atoms with Gasteiger partial charge in [-0.15, -0.1) is 0 Å². The number of carbonyl (C=O) groups excluding carboxylic acids is 1. The number of unbranched alkanes of at least 4 members (excludes halogenated alkanes) is 16. The molecule has 0 aromatic rings. The fraction of sp³-hybridized carbons (Fsp3) is 0.963. The molecule has 0 spiro atoms. The molecule has 1 atom stereocenters. The van der Waals surface area contributed by atoms with Gasteiger partial charge in [0.2, 0.25) is 0 Å². The molecular weight excluding hydrogens is 386 g/mol. The summed E-state index contributed by atoms with van der Waals surface area (Å²) < 4.78 is 0.874. The maximum atomic E-state index is 10.4. The highest BCUT2D eigenvalue weighted by molar-refractivity contribution is 5.63. The number of carboxylic acids is 1. The second-order valence-electron chi connectivity index (χ2n) is 10.4. The molecule has 0 heterocycles. The predicted octanol–water partition coefficient (Wildman–Crippen LogP) is 6.00. The number of nitrogens with zero attached hydrogens (tertiary/aromatic N) is 1. The standard InChI is InChI=1S/C27H55NO3/c1-4-5-6-7-8-9-10-11-12-13-14-16-19-22-26(29)25-28(2,3)24-21-18-15-17-20-23-27(30)31/h26,29H,4-25H2,1-3H3. The largest absolute Gasteiger partial charge is 0.550 e. The van der Waals surface area contributed by atoms with Gasteiger partial charge in [-0.25, -0.2) is 0 Å². The van der Waals surface area contributed by atoms with E-state index in [-0.39, 0.29) is 12.5 Å². The van der Waals surface area contributed by atoms with Crippen LogP contribution in [0.3, 0.4) is 0 Å². The van der Waals surface area contributed by atoms with E-state index in [0.717, 1.165) is 62.5 Å². The van der Waals surface area contributed by atoms with Gasteiger partial charge in [0.25, 0.3) is 0 Å². The van der Waals surface area contributed by atoms with E-state index in [4.69, 9.17) is 0 Å². The van der Waals surface area contributed by atoms with Gasteiger partial charge >= 0.3 is 0 Å². The second kappa shape index (κ2) is 21.2. The van der Waals surface area contributed by atoms with Crippen LogP contribution in [0.2, 0.25) is 0 Å². The van der Waals surface area contributed by atoms with E-state index in [1.165, 1.54) is 77.0 Å². The van der Waals surface area contributed by atoms with Crippen LogP contribution in [0.25, 0.3) is 0 Å². The normalized spacial score (nSPS) is 12.9. The molecule has 0 aliphatic heterocycles. The van der Waals surface area contributed by atoms with E-state index in [1.54, 1.807) is 0 Å². The molecule has 1 N–H and O–H groups in total. The van der Waals surface area contributed by atoms with Crippen molar-refractivity contribution in [2.75, 3.05) is 27.2 Å². The topological polar surface area (TPSA) is 60.4 Å². The van der Waals surface area contributed by atoms with Crippen LogP contribution in [0.4, 0.5) is 0 Å². The summed E-state index contributed by atoms with van der Waals surface area (Å²) in [5.41, 5.74) is 0. The number of rotatable bonds is 24. The van der Waals surface area contributed by atoms with Crippen molar-refractivity contribution >= 4 is 5.97 Å². The number of carboxylic acid groups (broad SMARTS) is 1. The molecule has 0 aromatic heterocycles. The Morgan fingerprint density at radius 1 is 0.710 bits per heavy atom. The third-order valence-electron chi connectivity index (χ3n) is 6.49. The molecule has 1 unspecified atom stereocenters. The highest BCUT2D eigenvalue weighted by atomic mass is 16.4. The van der Waals surface area contributed by atoms with Crippen molar-refractivity contribution < 1.29 is 19.5 Å². The lowest BCUT2D eigenvalue weighted by Gasteiger charge is -2.32. The molecule has 0 saturated heterocycles. The number of quaternary nitrogens is 1. The van der Waals surface area contributed by atoms with Crippen LogP contribution in [0, 0.1) is 0 Å². The Kier molecular flexibility index (Phi) is 20.8. The van der Waals surface area contributed by atoms with Gasteiger partial charge in [-0.1, -0.05) is 103 Å². The van der Waals surface area contributed by atoms with Gasteiger partial charge in [0, 0.05) is 5.97 Å². The molecule has 0 rings (SSSR count). The first-order valence-electron chi connectivity index (χ1n) is 13.6. The zero-order valence-corrected chi connectivity index (χ0v) is 21.3. The molecule has 0 aliphatic rings. The molecule has 4 nitrogen and oxygen atoms in total. The molecule has 0 aliphatic carbocycles. The number of likely N-dealkylation sites (N-methyl/N-ethyl adjacent to an activating group) is 1. The van der Waals surface area contributed by atoms with E-state index < -0.39 is 5.97 Å². The number of aliphatic hydroxyl groups is 1. The van der Waals surface area contributed by atoms with Crippen molar-refractivity contribution in [3.05, 3.63) is 0 Å². The molecule has 0 radical (unpaired) electrons. The first-order chi connectivity index (χ1) is 14.9. The van der Waals surface area contributed by atoms with Crippen LogP contribution in [-0.2, 0) is 4.79 Å². The zero-order chi connectivity index (χ0) is 23.2. The summed E-state index contributed by atoms with van der Waals surface area (Å²) >= 11 is 0. The van der Waals surface area contributed by atoms with Gasteiger partial charge < -0.3 is 19.5 Å². The van der Waals surface area contributed by atoms with Crippen LogP contribution in [-0.4, -0.2) is 48.8 Å².